The highest BCUT2D eigenvalue weighted by molar-refractivity contribution is 5.34. The molecule has 1 aromatic carbocycles. The first kappa shape index (κ1) is 6.81. The maximum Gasteiger partial charge on any atom is -0.0256 e. The van der Waals surface area contributed by atoms with Crippen LogP contribution in [0.3, 0.4) is 0 Å². The van der Waals surface area contributed by atoms with E-state index in [1.807, 2.05) is 30.3 Å². The van der Waals surface area contributed by atoms with Crippen molar-refractivity contribution in [2.24, 2.45) is 0 Å². The minimum absolute atomic E-state index is 1.04. The summed E-state index contributed by atoms with van der Waals surface area (Å²) in [4.78, 5) is 0. The summed E-state index contributed by atoms with van der Waals surface area (Å²) < 4.78 is 0. The van der Waals surface area contributed by atoms with Crippen molar-refractivity contribution in [3.05, 3.63) is 47.4 Å². The summed E-state index contributed by atoms with van der Waals surface area (Å²) in [5, 5.41) is 2.21. The number of allylic oxidation sites excluding steroid dienone is 1. The predicted molar refractivity (Wildman–Crippen MR) is 45.9 cm³/mol. The molecule has 0 aliphatic rings. The van der Waals surface area contributed by atoms with Crippen molar-refractivity contribution in [3.63, 3.8) is 0 Å². The molecule has 1 rings (SSSR count). The molecule has 0 aromatic heterocycles. The van der Waals surface area contributed by atoms with Gasteiger partial charge in [0.2, 0.25) is 0 Å². The Labute approximate surface area is 60.8 Å². The maximum absolute atomic E-state index is 3.78. The van der Waals surface area contributed by atoms with Gasteiger partial charge in [0.15, 0.2) is 0 Å². The van der Waals surface area contributed by atoms with Crippen LogP contribution in [0.2, 0.25) is 0 Å². The van der Waals surface area contributed by atoms with Crippen LogP contribution in [0.1, 0.15) is 0 Å². The average molecular weight is 130 g/mol. The fraction of sp³-hybridized carbons (Fsp3) is 0. The molecule has 0 aliphatic carbocycles. The van der Waals surface area contributed by atoms with Crippen molar-refractivity contribution >= 4 is 12.7 Å². The quantitative estimate of drug-likeness (QED) is 0.533. The Morgan fingerprint density at radius 1 is 1.10 bits per heavy atom. The van der Waals surface area contributed by atoms with Gasteiger partial charge in [0.05, 0.1) is 0 Å². The summed E-state index contributed by atoms with van der Waals surface area (Å²) in [6, 6.07) is 8.00. The first-order valence-corrected chi connectivity index (χ1v) is 3.21. The third-order valence-electron chi connectivity index (χ3n) is 1.29. The van der Waals surface area contributed by atoms with Crippen molar-refractivity contribution in [1.29, 1.82) is 0 Å². The molecule has 0 amide bonds. The molecule has 0 saturated heterocycles. The zero-order valence-corrected chi connectivity index (χ0v) is 5.88. The number of rotatable bonds is 1. The average Bonchev–Trinajstić information content (AvgIpc) is 1.95. The van der Waals surface area contributed by atoms with E-state index in [1.54, 1.807) is 6.08 Å². The lowest BCUT2D eigenvalue weighted by atomic mass is 10.2. The lowest BCUT2D eigenvalue weighted by Gasteiger charge is -1.82. The number of hydrogen-bond acceptors (Lipinski definition) is 0. The molecule has 0 fully saturated rings. The molecule has 0 atom stereocenters. The third-order valence-corrected chi connectivity index (χ3v) is 1.29. The van der Waals surface area contributed by atoms with Crippen LogP contribution >= 0.6 is 0 Å². The fourth-order valence-electron chi connectivity index (χ4n) is 0.765. The Kier molecular flexibility index (Phi) is 2.06. The van der Waals surface area contributed by atoms with E-state index in [9.17, 15) is 0 Å². The molecule has 0 aliphatic heterocycles. The predicted octanol–water partition coefficient (Wildman–Crippen LogP) is 1.06. The van der Waals surface area contributed by atoms with Crippen LogP contribution in [0.25, 0.3) is 12.7 Å². The molecule has 10 heavy (non-hydrogen) atoms. The fourth-order valence-corrected chi connectivity index (χ4v) is 0.765. The highest BCUT2D eigenvalue weighted by Gasteiger charge is 1.73. The molecule has 50 valence electrons. The zero-order valence-electron chi connectivity index (χ0n) is 5.88. The van der Waals surface area contributed by atoms with E-state index >= 15 is 0 Å². The Morgan fingerprint density at radius 2 is 1.70 bits per heavy atom. The molecule has 1 aromatic rings. The van der Waals surface area contributed by atoms with Gasteiger partial charge < -0.3 is 0 Å². The molecule has 0 N–H and O–H groups in total. The summed E-state index contributed by atoms with van der Waals surface area (Å²) in [6.07, 6.45) is 3.73. The molecular formula is C10H10. The van der Waals surface area contributed by atoms with Crippen molar-refractivity contribution < 1.29 is 0 Å². The highest BCUT2D eigenvalue weighted by Crippen LogP contribution is 1.69. The molecule has 0 saturated carbocycles. The van der Waals surface area contributed by atoms with Gasteiger partial charge in [0.25, 0.3) is 0 Å². The second-order valence-electron chi connectivity index (χ2n) is 2.14. The van der Waals surface area contributed by atoms with Crippen LogP contribution in [0, 0.1) is 0 Å². The van der Waals surface area contributed by atoms with Gasteiger partial charge in [-0.3, -0.25) is 0 Å². The first-order chi connectivity index (χ1) is 4.83. The molecule has 0 radical (unpaired) electrons. The smallest absolute Gasteiger partial charge is 0.0256 e. The minimum atomic E-state index is 1.04. The van der Waals surface area contributed by atoms with E-state index in [0.29, 0.717) is 0 Å². The van der Waals surface area contributed by atoms with E-state index in [0.717, 1.165) is 5.22 Å². The monoisotopic (exact) mass is 130 g/mol. The molecule has 0 nitrogen and oxygen atoms in total. The first-order valence-electron chi connectivity index (χ1n) is 3.21. The third kappa shape index (κ3) is 1.59. The lowest BCUT2D eigenvalue weighted by Crippen LogP contribution is -2.04. The normalized spacial score (nSPS) is 8.80. The minimum Gasteiger partial charge on any atom is -0.0990 e. The van der Waals surface area contributed by atoms with Crippen LogP contribution in [0.4, 0.5) is 0 Å². The van der Waals surface area contributed by atoms with E-state index in [4.69, 9.17) is 0 Å². The van der Waals surface area contributed by atoms with Gasteiger partial charge in [-0.05, 0) is 10.4 Å². The van der Waals surface area contributed by atoms with Crippen molar-refractivity contribution in [1.82, 2.24) is 0 Å². The lowest BCUT2D eigenvalue weighted by molar-refractivity contribution is 1.56. The van der Waals surface area contributed by atoms with Crippen LogP contribution in [0.15, 0.2) is 36.9 Å². The topological polar surface area (TPSA) is 0 Å². The van der Waals surface area contributed by atoms with Gasteiger partial charge in [0, 0.05) is 0 Å². The molecule has 0 unspecified atom stereocenters. The van der Waals surface area contributed by atoms with E-state index in [1.165, 1.54) is 5.22 Å². The second kappa shape index (κ2) is 3.02. The van der Waals surface area contributed by atoms with Gasteiger partial charge in [-0.1, -0.05) is 49.6 Å². The number of benzene rings is 1. The van der Waals surface area contributed by atoms with E-state index in [-0.39, 0.29) is 0 Å². The maximum atomic E-state index is 3.78. The summed E-state index contributed by atoms with van der Waals surface area (Å²) >= 11 is 0. The summed E-state index contributed by atoms with van der Waals surface area (Å²) in [7, 11) is 0. The van der Waals surface area contributed by atoms with Crippen molar-refractivity contribution in [3.8, 4) is 0 Å². The van der Waals surface area contributed by atoms with Gasteiger partial charge in [0.1, 0.15) is 0 Å². The van der Waals surface area contributed by atoms with E-state index < -0.39 is 0 Å². The summed E-state index contributed by atoms with van der Waals surface area (Å²) in [5.74, 6) is 0. The van der Waals surface area contributed by atoms with Crippen molar-refractivity contribution in [2.45, 2.75) is 0 Å². The molecular weight excluding hydrogens is 120 g/mol. The van der Waals surface area contributed by atoms with Crippen LogP contribution in [-0.4, -0.2) is 0 Å². The SMILES string of the molecule is C=CC=c1ccc(=C)cc1. The van der Waals surface area contributed by atoms with Gasteiger partial charge >= 0.3 is 0 Å². The molecule has 0 bridgehead atoms. The molecule has 0 heterocycles. The summed E-state index contributed by atoms with van der Waals surface area (Å²) in [5.41, 5.74) is 0. The van der Waals surface area contributed by atoms with Gasteiger partial charge in [-0.25, -0.2) is 0 Å². The standard InChI is InChI=1S/C10H10/c1-3-4-10-7-5-9(2)6-8-10/h3-8H,1-2H2. The highest BCUT2D eigenvalue weighted by atomic mass is 13.8. The van der Waals surface area contributed by atoms with Gasteiger partial charge in [-0.15, -0.1) is 0 Å². The second-order valence-corrected chi connectivity index (χ2v) is 2.14. The van der Waals surface area contributed by atoms with Crippen LogP contribution in [0.5, 0.6) is 0 Å². The number of hydrogen-bond donors (Lipinski definition) is 0. The van der Waals surface area contributed by atoms with Crippen molar-refractivity contribution in [2.75, 3.05) is 0 Å². The Balaban J connectivity index is 3.24. The Morgan fingerprint density at radius 3 is 2.20 bits per heavy atom. The zero-order chi connectivity index (χ0) is 7.40. The molecule has 0 spiro atoms. The van der Waals surface area contributed by atoms with E-state index in [2.05, 4.69) is 13.2 Å². The summed E-state index contributed by atoms with van der Waals surface area (Å²) in [6.45, 7) is 7.39. The van der Waals surface area contributed by atoms with Crippen LogP contribution in [-0.2, 0) is 0 Å². The van der Waals surface area contributed by atoms with Gasteiger partial charge in [-0.2, -0.15) is 0 Å². The largest absolute Gasteiger partial charge is 0.0990 e. The Hall–Kier alpha value is -1.30. The molecule has 0 heteroatoms. The Bertz CT molecular complexity index is 297. The van der Waals surface area contributed by atoms with Crippen LogP contribution < -0.4 is 10.4 Å².